The Morgan fingerprint density at radius 3 is 2.65 bits per heavy atom. The number of carbonyl (C=O) groups excluding carboxylic acids is 1. The fourth-order valence-electron chi connectivity index (χ4n) is 2.85. The number of carbonyl (C=O) groups is 1. The number of imidazole rings is 1. The minimum absolute atomic E-state index is 0.393. The van der Waals surface area contributed by atoms with Crippen molar-refractivity contribution in [3.05, 3.63) is 42.5 Å². The number of rotatable bonds is 8. The van der Waals surface area contributed by atoms with Crippen LogP contribution < -0.4 is 5.73 Å². The smallest absolute Gasteiger partial charge is 0.404 e. The van der Waals surface area contributed by atoms with Crippen LogP contribution in [0, 0.1) is 6.92 Å². The molecule has 0 aliphatic carbocycles. The molecule has 0 unspecified atom stereocenters. The lowest BCUT2D eigenvalue weighted by Gasteiger charge is -2.05. The molecule has 26 heavy (non-hydrogen) atoms. The summed E-state index contributed by atoms with van der Waals surface area (Å²) < 4.78 is 6.86. The van der Waals surface area contributed by atoms with Gasteiger partial charge in [0, 0.05) is 12.7 Å². The fraction of sp³-hybridized carbons (Fsp3) is 0.368. The maximum absolute atomic E-state index is 10.5. The van der Waals surface area contributed by atoms with Crippen LogP contribution in [0.25, 0.3) is 22.4 Å². The van der Waals surface area contributed by atoms with Crippen molar-refractivity contribution in [1.29, 1.82) is 0 Å². The van der Waals surface area contributed by atoms with Gasteiger partial charge in [0.05, 0.1) is 23.8 Å². The summed E-state index contributed by atoms with van der Waals surface area (Å²) in [6.45, 7) is 3.29. The predicted molar refractivity (Wildman–Crippen MR) is 99.5 cm³/mol. The predicted octanol–water partition coefficient (Wildman–Crippen LogP) is 3.46. The molecule has 0 saturated heterocycles. The van der Waals surface area contributed by atoms with Crippen LogP contribution in [0.2, 0.25) is 0 Å². The summed E-state index contributed by atoms with van der Waals surface area (Å²) in [5.74, 6) is 0.965. The van der Waals surface area contributed by atoms with Crippen molar-refractivity contribution >= 4 is 17.1 Å². The molecule has 2 aromatic heterocycles. The Bertz CT molecular complexity index is 891. The monoisotopic (exact) mass is 353 g/mol. The maximum Gasteiger partial charge on any atom is 0.404 e. The number of nitrogens with two attached hydrogens (primary N) is 1. The number of hydrogen-bond acceptors (Lipinski definition) is 5. The van der Waals surface area contributed by atoms with Crippen LogP contribution in [-0.4, -0.2) is 32.2 Å². The van der Waals surface area contributed by atoms with Crippen LogP contribution in [0.3, 0.4) is 0 Å². The Morgan fingerprint density at radius 2 is 1.85 bits per heavy atom. The van der Waals surface area contributed by atoms with E-state index in [0.717, 1.165) is 60.5 Å². The van der Waals surface area contributed by atoms with Crippen molar-refractivity contribution in [2.45, 2.75) is 39.2 Å². The molecule has 0 aliphatic rings. The van der Waals surface area contributed by atoms with Gasteiger partial charge < -0.3 is 15.0 Å². The zero-order chi connectivity index (χ0) is 18.4. The van der Waals surface area contributed by atoms with Crippen molar-refractivity contribution in [3.8, 4) is 11.4 Å². The van der Waals surface area contributed by atoms with E-state index in [1.165, 1.54) is 0 Å². The number of ether oxygens (including phenoxy) is 1. The number of hydrogen-bond donors (Lipinski definition) is 1. The van der Waals surface area contributed by atoms with Gasteiger partial charge in [0.1, 0.15) is 17.2 Å². The van der Waals surface area contributed by atoms with Crippen LogP contribution >= 0.6 is 0 Å². The summed E-state index contributed by atoms with van der Waals surface area (Å²) in [4.78, 5) is 24.2. The Balaban J connectivity index is 1.55. The molecule has 0 radical (unpaired) electrons. The van der Waals surface area contributed by atoms with Gasteiger partial charge in [-0.05, 0) is 38.3 Å². The highest BCUT2D eigenvalue weighted by Gasteiger charge is 2.09. The topological polar surface area (TPSA) is 95.9 Å². The number of primary amides is 1. The number of unbranched alkanes of at least 4 members (excludes halogenated alkanes) is 3. The van der Waals surface area contributed by atoms with E-state index in [1.54, 1.807) is 6.20 Å². The third-order valence-electron chi connectivity index (χ3n) is 4.22. The summed E-state index contributed by atoms with van der Waals surface area (Å²) in [5.41, 5.74) is 8.31. The Hall–Kier alpha value is -2.96. The lowest BCUT2D eigenvalue weighted by Crippen LogP contribution is -2.13. The standard InChI is InChI=1S/C19H23N5O2/c1-14-22-18(17-12-21-15-8-4-5-9-16(15)23-17)13-24(14)10-6-2-3-7-11-26-19(20)25/h4-5,8-9,12-13H,2-3,6-7,10-11H2,1H3,(H2,20,25). The highest BCUT2D eigenvalue weighted by Crippen LogP contribution is 2.19. The molecule has 3 aromatic rings. The van der Waals surface area contributed by atoms with Gasteiger partial charge in [-0.15, -0.1) is 0 Å². The molecular weight excluding hydrogens is 330 g/mol. The number of para-hydroxylation sites is 2. The van der Waals surface area contributed by atoms with E-state index >= 15 is 0 Å². The highest BCUT2D eigenvalue weighted by atomic mass is 16.5. The van der Waals surface area contributed by atoms with Crippen molar-refractivity contribution in [3.63, 3.8) is 0 Å². The van der Waals surface area contributed by atoms with Gasteiger partial charge in [-0.1, -0.05) is 18.6 Å². The summed E-state index contributed by atoms with van der Waals surface area (Å²) in [6, 6.07) is 7.82. The number of nitrogens with zero attached hydrogens (tertiary/aromatic N) is 4. The number of aromatic nitrogens is 4. The van der Waals surface area contributed by atoms with Gasteiger partial charge in [0.15, 0.2) is 0 Å². The highest BCUT2D eigenvalue weighted by molar-refractivity contribution is 5.76. The second-order valence-corrected chi connectivity index (χ2v) is 6.19. The van der Waals surface area contributed by atoms with Crippen molar-refractivity contribution in [2.75, 3.05) is 6.61 Å². The third kappa shape index (κ3) is 4.56. The van der Waals surface area contributed by atoms with Crippen molar-refractivity contribution in [1.82, 2.24) is 19.5 Å². The second-order valence-electron chi connectivity index (χ2n) is 6.19. The van der Waals surface area contributed by atoms with Gasteiger partial charge in [-0.3, -0.25) is 4.98 Å². The molecular formula is C19H23N5O2. The van der Waals surface area contributed by atoms with E-state index in [4.69, 9.17) is 10.5 Å². The summed E-state index contributed by atoms with van der Waals surface area (Å²) in [6.07, 6.45) is 7.04. The number of amides is 1. The lowest BCUT2D eigenvalue weighted by molar-refractivity contribution is 0.154. The van der Waals surface area contributed by atoms with E-state index in [9.17, 15) is 4.79 Å². The first kappa shape index (κ1) is 17.8. The minimum atomic E-state index is -0.705. The Morgan fingerprint density at radius 1 is 1.08 bits per heavy atom. The van der Waals surface area contributed by atoms with Crippen molar-refractivity contribution in [2.24, 2.45) is 5.73 Å². The van der Waals surface area contributed by atoms with E-state index < -0.39 is 6.09 Å². The molecule has 0 bridgehead atoms. The van der Waals surface area contributed by atoms with Gasteiger partial charge in [0.2, 0.25) is 0 Å². The SMILES string of the molecule is Cc1nc(-c2cnc3ccccc3n2)cn1CCCCCCOC(N)=O. The summed E-state index contributed by atoms with van der Waals surface area (Å²) >= 11 is 0. The van der Waals surface area contributed by atoms with Crippen molar-refractivity contribution < 1.29 is 9.53 Å². The average Bonchev–Trinajstić information content (AvgIpc) is 3.01. The zero-order valence-electron chi connectivity index (χ0n) is 14.9. The van der Waals surface area contributed by atoms with E-state index in [0.29, 0.717) is 6.61 Å². The molecule has 0 atom stereocenters. The lowest BCUT2D eigenvalue weighted by atomic mass is 10.2. The first-order chi connectivity index (χ1) is 12.6. The molecule has 0 aliphatic heterocycles. The molecule has 1 aromatic carbocycles. The average molecular weight is 353 g/mol. The summed E-state index contributed by atoms with van der Waals surface area (Å²) in [7, 11) is 0. The quantitative estimate of drug-likeness (QED) is 0.626. The van der Waals surface area contributed by atoms with Crippen LogP contribution in [0.5, 0.6) is 0 Å². The number of benzene rings is 1. The molecule has 3 rings (SSSR count). The van der Waals surface area contributed by atoms with Crippen LogP contribution in [0.4, 0.5) is 4.79 Å². The molecule has 0 saturated carbocycles. The van der Waals surface area contributed by atoms with E-state index in [1.807, 2.05) is 37.4 Å². The molecule has 136 valence electrons. The van der Waals surface area contributed by atoms with Crippen LogP contribution in [-0.2, 0) is 11.3 Å². The second kappa shape index (κ2) is 8.42. The fourth-order valence-corrected chi connectivity index (χ4v) is 2.85. The van der Waals surface area contributed by atoms with E-state index in [2.05, 4.69) is 19.5 Å². The summed E-state index contributed by atoms with van der Waals surface area (Å²) in [5, 5.41) is 0. The van der Waals surface area contributed by atoms with Gasteiger partial charge >= 0.3 is 6.09 Å². The third-order valence-corrected chi connectivity index (χ3v) is 4.22. The molecule has 2 N–H and O–H groups in total. The minimum Gasteiger partial charge on any atom is -0.450 e. The van der Waals surface area contributed by atoms with Gasteiger partial charge in [-0.2, -0.15) is 0 Å². The first-order valence-electron chi connectivity index (χ1n) is 8.81. The largest absolute Gasteiger partial charge is 0.450 e. The molecule has 7 heteroatoms. The van der Waals surface area contributed by atoms with Crippen LogP contribution in [0.15, 0.2) is 36.7 Å². The Kier molecular flexibility index (Phi) is 5.78. The molecule has 0 spiro atoms. The number of aryl methyl sites for hydroxylation is 2. The zero-order valence-corrected chi connectivity index (χ0v) is 14.9. The molecule has 1 amide bonds. The number of fused-ring (bicyclic) bond motifs is 1. The molecule has 0 fully saturated rings. The van der Waals surface area contributed by atoms with Gasteiger partial charge in [0.25, 0.3) is 0 Å². The normalized spacial score (nSPS) is 11.0. The maximum atomic E-state index is 10.5. The van der Waals surface area contributed by atoms with Gasteiger partial charge in [-0.25, -0.2) is 14.8 Å². The Labute approximate surface area is 152 Å². The van der Waals surface area contributed by atoms with E-state index in [-0.39, 0.29) is 0 Å². The first-order valence-corrected chi connectivity index (χ1v) is 8.81. The van der Waals surface area contributed by atoms with Crippen LogP contribution in [0.1, 0.15) is 31.5 Å². The molecule has 7 nitrogen and oxygen atoms in total. The molecule has 2 heterocycles.